The predicted molar refractivity (Wildman–Crippen MR) is 85.5 cm³/mol. The molecule has 1 aromatic rings. The number of hydrogen-bond acceptors (Lipinski definition) is 5. The number of esters is 1. The minimum absolute atomic E-state index is 0.00914. The summed E-state index contributed by atoms with van der Waals surface area (Å²) < 4.78 is 10.4. The summed E-state index contributed by atoms with van der Waals surface area (Å²) in [6.07, 6.45) is 1.95. The quantitative estimate of drug-likeness (QED) is 0.866. The lowest BCUT2D eigenvalue weighted by atomic mass is 9.92. The average molecular weight is 325 g/mol. The summed E-state index contributed by atoms with van der Waals surface area (Å²) in [6, 6.07) is -0.00914. The summed E-state index contributed by atoms with van der Waals surface area (Å²) in [5.74, 6) is -0.280. The van der Waals surface area contributed by atoms with Crippen molar-refractivity contribution in [3.63, 3.8) is 0 Å². The van der Waals surface area contributed by atoms with Crippen LogP contribution in [-0.2, 0) is 22.3 Å². The van der Waals surface area contributed by atoms with E-state index >= 15 is 0 Å². The number of nitrogens with one attached hydrogen (secondary N) is 1. The van der Waals surface area contributed by atoms with Gasteiger partial charge < -0.3 is 14.8 Å². The number of carbonyl (C=O) groups is 2. The van der Waals surface area contributed by atoms with E-state index in [0.29, 0.717) is 18.6 Å². The van der Waals surface area contributed by atoms with Crippen LogP contribution < -0.4 is 5.32 Å². The minimum Gasteiger partial charge on any atom is -0.462 e. The number of rotatable bonds is 3. The van der Waals surface area contributed by atoms with Crippen LogP contribution in [0.3, 0.4) is 0 Å². The molecule has 1 aliphatic carbocycles. The van der Waals surface area contributed by atoms with Gasteiger partial charge in [-0.05, 0) is 52.5 Å². The van der Waals surface area contributed by atoms with E-state index in [1.54, 1.807) is 18.3 Å². The molecule has 1 unspecified atom stereocenters. The third-order valence-corrected chi connectivity index (χ3v) is 4.46. The van der Waals surface area contributed by atoms with Gasteiger partial charge in [-0.25, -0.2) is 9.59 Å². The molecule has 1 aromatic heterocycles. The highest BCUT2D eigenvalue weighted by molar-refractivity contribution is 7.10. The highest BCUT2D eigenvalue weighted by atomic mass is 32.1. The fourth-order valence-electron chi connectivity index (χ4n) is 2.49. The number of fused-ring (bicyclic) bond motifs is 1. The van der Waals surface area contributed by atoms with Gasteiger partial charge in [0.1, 0.15) is 5.60 Å². The van der Waals surface area contributed by atoms with Crippen molar-refractivity contribution in [2.24, 2.45) is 0 Å². The fourth-order valence-corrected chi connectivity index (χ4v) is 3.56. The van der Waals surface area contributed by atoms with Crippen molar-refractivity contribution in [3.8, 4) is 0 Å². The molecule has 1 heterocycles. The smallest absolute Gasteiger partial charge is 0.407 e. The van der Waals surface area contributed by atoms with Crippen LogP contribution in [0, 0.1) is 0 Å². The van der Waals surface area contributed by atoms with E-state index in [4.69, 9.17) is 9.47 Å². The van der Waals surface area contributed by atoms with Crippen LogP contribution >= 0.6 is 11.3 Å². The van der Waals surface area contributed by atoms with Crippen LogP contribution in [0.5, 0.6) is 0 Å². The second kappa shape index (κ2) is 6.69. The number of ether oxygens (including phenoxy) is 2. The molecule has 5 nitrogen and oxygen atoms in total. The lowest BCUT2D eigenvalue weighted by molar-refractivity contribution is 0.0500. The number of thiophene rings is 1. The first-order chi connectivity index (χ1) is 10.3. The van der Waals surface area contributed by atoms with Crippen LogP contribution in [0.25, 0.3) is 0 Å². The molecule has 0 bridgehead atoms. The van der Waals surface area contributed by atoms with Gasteiger partial charge in [0.05, 0.1) is 12.2 Å². The second-order valence-electron chi connectivity index (χ2n) is 6.36. The topological polar surface area (TPSA) is 64.6 Å². The van der Waals surface area contributed by atoms with Gasteiger partial charge in [0.2, 0.25) is 0 Å². The average Bonchev–Trinajstić information content (AvgIpc) is 2.79. The number of hydrogen-bond donors (Lipinski definition) is 1. The first-order valence-electron chi connectivity index (χ1n) is 7.56. The molecule has 0 saturated carbocycles. The second-order valence-corrected chi connectivity index (χ2v) is 7.32. The molecular formula is C16H23NO4S. The SMILES string of the molecule is CCOC(=O)c1csc2c1CC(NC(=O)OC(C)(C)C)CC2. The molecule has 1 N–H and O–H groups in total. The molecule has 2 rings (SSSR count). The van der Waals surface area contributed by atoms with Crippen LogP contribution in [0.1, 0.15) is 54.9 Å². The Morgan fingerprint density at radius 1 is 1.41 bits per heavy atom. The molecule has 0 aromatic carbocycles. The van der Waals surface area contributed by atoms with Crippen LogP contribution in [-0.4, -0.2) is 30.3 Å². The standard InChI is InChI=1S/C16H23NO4S/c1-5-20-14(18)12-9-22-13-7-6-10(8-11(12)13)17-15(19)21-16(2,3)4/h9-10H,5-8H2,1-4H3,(H,17,19). The lowest BCUT2D eigenvalue weighted by Crippen LogP contribution is -2.41. The zero-order valence-corrected chi connectivity index (χ0v) is 14.3. The minimum atomic E-state index is -0.512. The fraction of sp³-hybridized carbons (Fsp3) is 0.625. The summed E-state index contributed by atoms with van der Waals surface area (Å²) in [5, 5.41) is 4.76. The van der Waals surface area contributed by atoms with Gasteiger partial charge in [0.15, 0.2) is 0 Å². The first-order valence-corrected chi connectivity index (χ1v) is 8.44. The highest BCUT2D eigenvalue weighted by Gasteiger charge is 2.28. The molecule has 0 aliphatic heterocycles. The van der Waals surface area contributed by atoms with Gasteiger partial charge >= 0.3 is 12.1 Å². The third kappa shape index (κ3) is 4.22. The molecule has 0 fully saturated rings. The van der Waals surface area contributed by atoms with Crippen molar-refractivity contribution >= 4 is 23.4 Å². The van der Waals surface area contributed by atoms with E-state index in [1.807, 2.05) is 26.2 Å². The maximum atomic E-state index is 12.0. The third-order valence-electron chi connectivity index (χ3n) is 3.37. The van der Waals surface area contributed by atoms with Crippen molar-refractivity contribution in [2.75, 3.05) is 6.61 Å². The Morgan fingerprint density at radius 2 is 2.14 bits per heavy atom. The summed E-state index contributed by atoms with van der Waals surface area (Å²) in [7, 11) is 0. The van der Waals surface area contributed by atoms with E-state index in [-0.39, 0.29) is 12.0 Å². The van der Waals surface area contributed by atoms with Crippen LogP contribution in [0.2, 0.25) is 0 Å². The maximum absolute atomic E-state index is 12.0. The van der Waals surface area contributed by atoms with Crippen LogP contribution in [0.4, 0.5) is 4.79 Å². The molecule has 1 aliphatic rings. The molecular weight excluding hydrogens is 302 g/mol. The van der Waals surface area contributed by atoms with E-state index in [2.05, 4.69) is 5.32 Å². The summed E-state index contributed by atoms with van der Waals surface area (Å²) in [5.41, 5.74) is 1.14. The molecule has 0 spiro atoms. The van der Waals surface area contributed by atoms with Gasteiger partial charge in [-0.2, -0.15) is 0 Å². The zero-order chi connectivity index (χ0) is 16.3. The number of aryl methyl sites for hydroxylation is 1. The van der Waals surface area contributed by atoms with Crippen LogP contribution in [0.15, 0.2) is 5.38 Å². The van der Waals surface area contributed by atoms with Crippen molar-refractivity contribution in [1.82, 2.24) is 5.32 Å². The Balaban J connectivity index is 2.03. The van der Waals surface area contributed by atoms with Gasteiger partial charge in [-0.3, -0.25) is 0 Å². The first kappa shape index (κ1) is 16.8. The van der Waals surface area contributed by atoms with Gasteiger partial charge in [0.25, 0.3) is 0 Å². The molecule has 1 amide bonds. The molecule has 0 saturated heterocycles. The van der Waals surface area contributed by atoms with E-state index in [9.17, 15) is 9.59 Å². The van der Waals surface area contributed by atoms with Gasteiger partial charge in [0, 0.05) is 16.3 Å². The molecule has 22 heavy (non-hydrogen) atoms. The van der Waals surface area contributed by atoms with Crippen molar-refractivity contribution in [3.05, 3.63) is 21.4 Å². The largest absolute Gasteiger partial charge is 0.462 e. The Morgan fingerprint density at radius 3 is 2.77 bits per heavy atom. The number of alkyl carbamates (subject to hydrolysis) is 1. The molecule has 6 heteroatoms. The maximum Gasteiger partial charge on any atom is 0.407 e. The summed E-state index contributed by atoms with van der Waals surface area (Å²) in [4.78, 5) is 25.1. The monoisotopic (exact) mass is 325 g/mol. The molecule has 122 valence electrons. The summed E-state index contributed by atoms with van der Waals surface area (Å²) in [6.45, 7) is 7.67. The number of carbonyl (C=O) groups excluding carboxylic acids is 2. The highest BCUT2D eigenvalue weighted by Crippen LogP contribution is 2.31. The van der Waals surface area contributed by atoms with Gasteiger partial charge in [-0.15, -0.1) is 11.3 Å². The lowest BCUT2D eigenvalue weighted by Gasteiger charge is -2.26. The van der Waals surface area contributed by atoms with Crippen molar-refractivity contribution < 1.29 is 19.1 Å². The molecule has 1 atom stereocenters. The zero-order valence-electron chi connectivity index (χ0n) is 13.5. The van der Waals surface area contributed by atoms with Crippen molar-refractivity contribution in [2.45, 2.75) is 58.6 Å². The van der Waals surface area contributed by atoms with E-state index in [1.165, 1.54) is 4.88 Å². The Labute approximate surface area is 135 Å². The van der Waals surface area contributed by atoms with Gasteiger partial charge in [-0.1, -0.05) is 0 Å². The van der Waals surface area contributed by atoms with E-state index in [0.717, 1.165) is 18.4 Å². The Hall–Kier alpha value is -1.56. The van der Waals surface area contributed by atoms with E-state index < -0.39 is 11.7 Å². The Kier molecular flexibility index (Phi) is 5.11. The predicted octanol–water partition coefficient (Wildman–Crippen LogP) is 3.31. The normalized spacial score (nSPS) is 17.5. The number of amides is 1. The Bertz CT molecular complexity index is 559. The van der Waals surface area contributed by atoms with Crippen molar-refractivity contribution in [1.29, 1.82) is 0 Å². The summed E-state index contributed by atoms with van der Waals surface area (Å²) >= 11 is 1.59. The molecule has 0 radical (unpaired) electrons.